The third-order valence-electron chi connectivity index (χ3n) is 3.72. The van der Waals surface area contributed by atoms with E-state index in [1.54, 1.807) is 0 Å². The van der Waals surface area contributed by atoms with Gasteiger partial charge in [0.05, 0.1) is 18.4 Å². The molecule has 152 valence electrons. The maximum Gasteiger partial charge on any atom is 0.418 e. The number of nitrogens with one attached hydrogen (secondary N) is 1. The molecule has 6 nitrogen and oxygen atoms in total. The molecule has 1 N–H and O–H groups in total. The quantitative estimate of drug-likeness (QED) is 0.772. The number of hydrogen-bond acceptors (Lipinski definition) is 4. The first-order valence-corrected chi connectivity index (χ1v) is 9.48. The van der Waals surface area contributed by atoms with Crippen LogP contribution in [0.1, 0.15) is 15.9 Å². The molecule has 0 bridgehead atoms. The maximum absolute atomic E-state index is 13.2. The molecule has 0 saturated carbocycles. The van der Waals surface area contributed by atoms with Crippen molar-refractivity contribution in [3.8, 4) is 5.75 Å². The van der Waals surface area contributed by atoms with Crippen LogP contribution in [0, 0.1) is 0 Å². The summed E-state index contributed by atoms with van der Waals surface area (Å²) >= 11 is 5.61. The molecule has 2 aromatic rings. The molecule has 1 amide bonds. The number of nitrogens with zero attached hydrogens (tertiary/aromatic N) is 1. The first-order chi connectivity index (χ1) is 12.9. The summed E-state index contributed by atoms with van der Waals surface area (Å²) in [7, 11) is -0.105. The van der Waals surface area contributed by atoms with Gasteiger partial charge in [0.2, 0.25) is 10.0 Å². The minimum Gasteiger partial charge on any atom is -0.495 e. The van der Waals surface area contributed by atoms with Crippen molar-refractivity contribution in [2.75, 3.05) is 26.5 Å². The number of anilines is 1. The molecule has 0 aliphatic heterocycles. The van der Waals surface area contributed by atoms with Crippen molar-refractivity contribution in [1.29, 1.82) is 0 Å². The minimum absolute atomic E-state index is 0.00674. The van der Waals surface area contributed by atoms with Crippen LogP contribution in [0.5, 0.6) is 5.75 Å². The summed E-state index contributed by atoms with van der Waals surface area (Å²) in [6, 6.07) is 6.43. The Kier molecular flexibility index (Phi) is 6.27. The Morgan fingerprint density at radius 1 is 1.14 bits per heavy atom. The van der Waals surface area contributed by atoms with E-state index >= 15 is 0 Å². The van der Waals surface area contributed by atoms with Crippen LogP contribution in [0.4, 0.5) is 18.9 Å². The molecule has 0 atom stereocenters. The van der Waals surface area contributed by atoms with Gasteiger partial charge in [0, 0.05) is 24.7 Å². The molecule has 2 aromatic carbocycles. The van der Waals surface area contributed by atoms with Gasteiger partial charge in [-0.1, -0.05) is 11.6 Å². The van der Waals surface area contributed by atoms with Crippen molar-refractivity contribution < 1.29 is 31.1 Å². The standard InChI is InChI=1S/C17H16ClF3N2O4S/c1-23(2)28(25,26)15-8-10(4-7-14(15)27-3)16(24)22-13-6-5-11(18)9-12(13)17(19,20)21/h4-9H,1-3H3,(H,22,24). The summed E-state index contributed by atoms with van der Waals surface area (Å²) in [6.07, 6.45) is -4.74. The van der Waals surface area contributed by atoms with Crippen LogP contribution in [0.25, 0.3) is 0 Å². The summed E-state index contributed by atoms with van der Waals surface area (Å²) < 4.78 is 70.3. The lowest BCUT2D eigenvalue weighted by atomic mass is 10.1. The average Bonchev–Trinajstić information content (AvgIpc) is 2.61. The fraction of sp³-hybridized carbons (Fsp3) is 0.235. The van der Waals surface area contributed by atoms with E-state index in [4.69, 9.17) is 16.3 Å². The molecule has 0 spiro atoms. The fourth-order valence-electron chi connectivity index (χ4n) is 2.27. The number of amides is 1. The third-order valence-corrected chi connectivity index (χ3v) is 5.79. The molecule has 0 aromatic heterocycles. The molecular weight excluding hydrogens is 421 g/mol. The molecule has 0 fully saturated rings. The van der Waals surface area contributed by atoms with Gasteiger partial charge < -0.3 is 10.1 Å². The topological polar surface area (TPSA) is 75.7 Å². The number of alkyl halides is 3. The number of carbonyl (C=O) groups is 1. The normalized spacial score (nSPS) is 12.1. The zero-order valence-electron chi connectivity index (χ0n) is 15.0. The van der Waals surface area contributed by atoms with Gasteiger partial charge in [-0.2, -0.15) is 13.2 Å². The number of sulfonamides is 1. The molecule has 0 aliphatic carbocycles. The fourth-order valence-corrected chi connectivity index (χ4v) is 3.52. The van der Waals surface area contributed by atoms with E-state index in [9.17, 15) is 26.4 Å². The highest BCUT2D eigenvalue weighted by atomic mass is 35.5. The van der Waals surface area contributed by atoms with Crippen LogP contribution >= 0.6 is 11.6 Å². The zero-order chi connectivity index (χ0) is 21.3. The summed E-state index contributed by atoms with van der Waals surface area (Å²) in [4.78, 5) is 12.2. The van der Waals surface area contributed by atoms with Crippen LogP contribution < -0.4 is 10.1 Å². The second-order valence-electron chi connectivity index (χ2n) is 5.79. The van der Waals surface area contributed by atoms with E-state index in [1.807, 2.05) is 0 Å². The van der Waals surface area contributed by atoms with Crippen LogP contribution in [0.15, 0.2) is 41.3 Å². The molecule has 2 rings (SSSR count). The number of benzene rings is 2. The van der Waals surface area contributed by atoms with Gasteiger partial charge in [-0.25, -0.2) is 12.7 Å². The SMILES string of the molecule is COc1ccc(C(=O)Nc2ccc(Cl)cc2C(F)(F)F)cc1S(=O)(=O)N(C)C. The number of methoxy groups -OCH3 is 1. The number of carbonyl (C=O) groups excluding carboxylic acids is 1. The monoisotopic (exact) mass is 436 g/mol. The predicted octanol–water partition coefficient (Wildman–Crippen LogP) is 3.87. The molecule has 0 heterocycles. The smallest absolute Gasteiger partial charge is 0.418 e. The van der Waals surface area contributed by atoms with Crippen LogP contribution in [0.2, 0.25) is 5.02 Å². The van der Waals surface area contributed by atoms with Gasteiger partial charge >= 0.3 is 6.18 Å². The average molecular weight is 437 g/mol. The molecule has 28 heavy (non-hydrogen) atoms. The first-order valence-electron chi connectivity index (χ1n) is 7.66. The Morgan fingerprint density at radius 2 is 1.79 bits per heavy atom. The number of rotatable bonds is 5. The van der Waals surface area contributed by atoms with E-state index in [-0.39, 0.29) is 21.2 Å². The highest BCUT2D eigenvalue weighted by Gasteiger charge is 2.34. The summed E-state index contributed by atoms with van der Waals surface area (Å²) in [5.74, 6) is -0.932. The minimum atomic E-state index is -4.74. The highest BCUT2D eigenvalue weighted by Crippen LogP contribution is 2.37. The number of ether oxygens (including phenoxy) is 1. The van der Waals surface area contributed by atoms with E-state index in [0.29, 0.717) is 6.07 Å². The van der Waals surface area contributed by atoms with Gasteiger partial charge in [-0.15, -0.1) is 0 Å². The Morgan fingerprint density at radius 3 is 2.32 bits per heavy atom. The van der Waals surface area contributed by atoms with Crippen LogP contribution in [0.3, 0.4) is 0 Å². The van der Waals surface area contributed by atoms with Gasteiger partial charge in [0.1, 0.15) is 10.6 Å². The Balaban J connectivity index is 2.47. The first kappa shape index (κ1) is 22.0. The highest BCUT2D eigenvalue weighted by molar-refractivity contribution is 7.89. The molecule has 0 saturated heterocycles. The molecule has 11 heteroatoms. The number of hydrogen-bond donors (Lipinski definition) is 1. The summed E-state index contributed by atoms with van der Waals surface area (Å²) in [5, 5.41) is 1.99. The van der Waals surface area contributed by atoms with Crippen molar-refractivity contribution in [2.24, 2.45) is 0 Å². The van der Waals surface area contributed by atoms with Gasteiger partial charge in [0.25, 0.3) is 5.91 Å². The van der Waals surface area contributed by atoms with Gasteiger partial charge in [0.15, 0.2) is 0 Å². The zero-order valence-corrected chi connectivity index (χ0v) is 16.5. The van der Waals surface area contributed by atoms with Crippen LogP contribution in [-0.2, 0) is 16.2 Å². The summed E-state index contributed by atoms with van der Waals surface area (Å²) in [5.41, 5.74) is -1.79. The van der Waals surface area contributed by atoms with Gasteiger partial charge in [-0.3, -0.25) is 4.79 Å². The van der Waals surface area contributed by atoms with Crippen molar-refractivity contribution in [3.05, 3.63) is 52.5 Å². The largest absolute Gasteiger partial charge is 0.495 e. The van der Waals surface area contributed by atoms with E-state index in [1.165, 1.54) is 39.4 Å². The molecular formula is C17H16ClF3N2O4S. The maximum atomic E-state index is 13.2. The van der Waals surface area contributed by atoms with Crippen molar-refractivity contribution >= 4 is 33.2 Å². The summed E-state index contributed by atoms with van der Waals surface area (Å²) in [6.45, 7) is 0. The lowest BCUT2D eigenvalue weighted by molar-refractivity contribution is -0.136. The second-order valence-corrected chi connectivity index (χ2v) is 8.35. The van der Waals surface area contributed by atoms with Crippen LogP contribution in [-0.4, -0.2) is 39.8 Å². The van der Waals surface area contributed by atoms with Crippen molar-refractivity contribution in [1.82, 2.24) is 4.31 Å². The molecule has 0 radical (unpaired) electrons. The van der Waals surface area contributed by atoms with E-state index in [2.05, 4.69) is 5.32 Å². The second kappa shape index (κ2) is 7.98. The Labute approximate surface area is 164 Å². The van der Waals surface area contributed by atoms with E-state index < -0.39 is 33.4 Å². The van der Waals surface area contributed by atoms with Gasteiger partial charge in [-0.05, 0) is 36.4 Å². The van der Waals surface area contributed by atoms with Crippen molar-refractivity contribution in [3.63, 3.8) is 0 Å². The van der Waals surface area contributed by atoms with E-state index in [0.717, 1.165) is 16.4 Å². The lowest BCUT2D eigenvalue weighted by Gasteiger charge is -2.16. The molecule has 0 unspecified atom stereocenters. The molecule has 0 aliphatic rings. The van der Waals surface area contributed by atoms with Crippen molar-refractivity contribution in [2.45, 2.75) is 11.1 Å². The lowest BCUT2D eigenvalue weighted by Crippen LogP contribution is -2.23. The Bertz CT molecular complexity index is 1010. The number of halogens is 4. The predicted molar refractivity (Wildman–Crippen MR) is 98.3 cm³/mol. The third kappa shape index (κ3) is 4.57. The Hall–Kier alpha value is -2.30.